The highest BCUT2D eigenvalue weighted by Crippen LogP contribution is 2.31. The number of carbonyl (C=O) groups is 1. The van der Waals surface area contributed by atoms with Crippen LogP contribution in [-0.2, 0) is 6.54 Å². The van der Waals surface area contributed by atoms with Crippen LogP contribution in [0.2, 0.25) is 0 Å². The standard InChI is InChI=1S/C24H22N4O3/c1-30-21-10-9-17(12-22(21)31-2)27-23-13-19(18-7-3-4-8-20(18)28-23)24(29)26-15-16-6-5-11-25-14-16/h3-14H,15H2,1-2H3,(H,26,29)(H,27,28). The first-order valence-corrected chi connectivity index (χ1v) is 9.74. The van der Waals surface area contributed by atoms with E-state index in [1.54, 1.807) is 32.7 Å². The smallest absolute Gasteiger partial charge is 0.252 e. The number of ether oxygens (including phenoxy) is 2. The van der Waals surface area contributed by atoms with Gasteiger partial charge < -0.3 is 20.1 Å². The van der Waals surface area contributed by atoms with Gasteiger partial charge in [0.1, 0.15) is 5.82 Å². The van der Waals surface area contributed by atoms with Crippen LogP contribution >= 0.6 is 0 Å². The molecule has 0 spiro atoms. The van der Waals surface area contributed by atoms with Gasteiger partial charge in [-0.2, -0.15) is 0 Å². The summed E-state index contributed by atoms with van der Waals surface area (Å²) in [7, 11) is 3.17. The summed E-state index contributed by atoms with van der Waals surface area (Å²) in [6.07, 6.45) is 3.43. The highest BCUT2D eigenvalue weighted by atomic mass is 16.5. The number of benzene rings is 2. The van der Waals surface area contributed by atoms with E-state index in [-0.39, 0.29) is 5.91 Å². The van der Waals surface area contributed by atoms with E-state index in [1.165, 1.54) is 0 Å². The summed E-state index contributed by atoms with van der Waals surface area (Å²) in [5.41, 5.74) is 2.96. The molecule has 7 heteroatoms. The van der Waals surface area contributed by atoms with Crippen molar-refractivity contribution in [1.29, 1.82) is 0 Å². The lowest BCUT2D eigenvalue weighted by Crippen LogP contribution is -2.23. The maximum Gasteiger partial charge on any atom is 0.252 e. The van der Waals surface area contributed by atoms with Gasteiger partial charge in [-0.3, -0.25) is 9.78 Å². The zero-order valence-corrected chi connectivity index (χ0v) is 17.3. The van der Waals surface area contributed by atoms with Gasteiger partial charge in [0.2, 0.25) is 0 Å². The molecule has 0 saturated heterocycles. The van der Waals surface area contributed by atoms with E-state index >= 15 is 0 Å². The maximum absolute atomic E-state index is 13.0. The van der Waals surface area contributed by atoms with Gasteiger partial charge in [0.05, 0.1) is 25.3 Å². The van der Waals surface area contributed by atoms with Gasteiger partial charge in [-0.1, -0.05) is 24.3 Å². The summed E-state index contributed by atoms with van der Waals surface area (Å²) in [6, 6.07) is 18.6. The Bertz CT molecular complexity index is 1210. The highest BCUT2D eigenvalue weighted by molar-refractivity contribution is 6.07. The van der Waals surface area contributed by atoms with Crippen molar-refractivity contribution in [2.24, 2.45) is 0 Å². The summed E-state index contributed by atoms with van der Waals surface area (Å²) in [4.78, 5) is 21.7. The number of fused-ring (bicyclic) bond motifs is 1. The number of carbonyl (C=O) groups excluding carboxylic acids is 1. The third kappa shape index (κ3) is 4.56. The second-order valence-electron chi connectivity index (χ2n) is 6.81. The number of pyridine rings is 2. The lowest BCUT2D eigenvalue weighted by atomic mass is 10.1. The second kappa shape index (κ2) is 9.13. The Morgan fingerprint density at radius 3 is 2.58 bits per heavy atom. The first-order valence-electron chi connectivity index (χ1n) is 9.74. The molecule has 0 atom stereocenters. The Hall–Kier alpha value is -4.13. The average molecular weight is 414 g/mol. The molecule has 0 aliphatic rings. The fraction of sp³-hybridized carbons (Fsp3) is 0.125. The van der Waals surface area contributed by atoms with Crippen LogP contribution in [0, 0.1) is 0 Å². The topological polar surface area (TPSA) is 85.4 Å². The molecule has 156 valence electrons. The van der Waals surface area contributed by atoms with Gasteiger partial charge in [0.25, 0.3) is 5.91 Å². The zero-order chi connectivity index (χ0) is 21.6. The van der Waals surface area contributed by atoms with Gasteiger partial charge in [-0.05, 0) is 35.9 Å². The van der Waals surface area contributed by atoms with E-state index in [0.29, 0.717) is 29.4 Å². The van der Waals surface area contributed by atoms with E-state index in [0.717, 1.165) is 22.2 Å². The molecule has 0 unspecified atom stereocenters. The van der Waals surface area contributed by atoms with Crippen LogP contribution < -0.4 is 20.1 Å². The Morgan fingerprint density at radius 2 is 1.81 bits per heavy atom. The number of hydrogen-bond donors (Lipinski definition) is 2. The van der Waals surface area contributed by atoms with Crippen molar-refractivity contribution in [3.8, 4) is 11.5 Å². The Balaban J connectivity index is 1.64. The lowest BCUT2D eigenvalue weighted by molar-refractivity contribution is 0.0952. The summed E-state index contributed by atoms with van der Waals surface area (Å²) >= 11 is 0. The minimum absolute atomic E-state index is 0.183. The number of para-hydroxylation sites is 1. The van der Waals surface area contributed by atoms with Gasteiger partial charge in [0, 0.05) is 36.1 Å². The minimum atomic E-state index is -0.183. The number of methoxy groups -OCH3 is 2. The van der Waals surface area contributed by atoms with Gasteiger partial charge in [0.15, 0.2) is 11.5 Å². The predicted molar refractivity (Wildman–Crippen MR) is 120 cm³/mol. The molecule has 0 fully saturated rings. The molecule has 2 heterocycles. The van der Waals surface area contributed by atoms with Crippen molar-refractivity contribution in [2.45, 2.75) is 6.54 Å². The summed E-state index contributed by atoms with van der Waals surface area (Å²) in [5, 5.41) is 7.00. The minimum Gasteiger partial charge on any atom is -0.493 e. The number of aromatic nitrogens is 2. The van der Waals surface area contributed by atoms with E-state index < -0.39 is 0 Å². The number of rotatable bonds is 7. The normalized spacial score (nSPS) is 10.5. The van der Waals surface area contributed by atoms with Crippen molar-refractivity contribution in [3.05, 3.63) is 84.2 Å². The largest absolute Gasteiger partial charge is 0.493 e. The first-order chi connectivity index (χ1) is 15.2. The van der Waals surface area contributed by atoms with Crippen molar-refractivity contribution >= 4 is 28.3 Å². The van der Waals surface area contributed by atoms with Crippen molar-refractivity contribution < 1.29 is 14.3 Å². The third-order valence-electron chi connectivity index (χ3n) is 4.79. The maximum atomic E-state index is 13.0. The third-order valence-corrected chi connectivity index (χ3v) is 4.79. The highest BCUT2D eigenvalue weighted by Gasteiger charge is 2.14. The molecule has 0 aliphatic heterocycles. The monoisotopic (exact) mass is 414 g/mol. The second-order valence-corrected chi connectivity index (χ2v) is 6.81. The van der Waals surface area contributed by atoms with Crippen molar-refractivity contribution in [1.82, 2.24) is 15.3 Å². The van der Waals surface area contributed by atoms with Crippen LogP contribution in [0.5, 0.6) is 11.5 Å². The summed E-state index contributed by atoms with van der Waals surface area (Å²) in [5.74, 6) is 1.60. The average Bonchev–Trinajstić information content (AvgIpc) is 2.82. The fourth-order valence-corrected chi connectivity index (χ4v) is 3.27. The van der Waals surface area contributed by atoms with E-state index in [2.05, 4.69) is 20.6 Å². The molecular weight excluding hydrogens is 392 g/mol. The van der Waals surface area contributed by atoms with Crippen molar-refractivity contribution in [3.63, 3.8) is 0 Å². The fourth-order valence-electron chi connectivity index (χ4n) is 3.27. The number of nitrogens with one attached hydrogen (secondary N) is 2. The van der Waals surface area contributed by atoms with Crippen LogP contribution in [0.3, 0.4) is 0 Å². The molecule has 2 aromatic carbocycles. The molecule has 1 amide bonds. The zero-order valence-electron chi connectivity index (χ0n) is 17.3. The van der Waals surface area contributed by atoms with Gasteiger partial charge in [-0.25, -0.2) is 4.98 Å². The first kappa shape index (κ1) is 20.2. The van der Waals surface area contributed by atoms with Crippen LogP contribution in [-0.4, -0.2) is 30.1 Å². The van der Waals surface area contributed by atoms with Crippen LogP contribution in [0.25, 0.3) is 10.9 Å². The van der Waals surface area contributed by atoms with E-state index in [9.17, 15) is 4.79 Å². The summed E-state index contributed by atoms with van der Waals surface area (Å²) in [6.45, 7) is 0.391. The van der Waals surface area contributed by atoms with Crippen molar-refractivity contribution in [2.75, 3.05) is 19.5 Å². The molecule has 0 radical (unpaired) electrons. The Morgan fingerprint density at radius 1 is 0.968 bits per heavy atom. The quantitative estimate of drug-likeness (QED) is 0.468. The molecule has 0 saturated carbocycles. The number of hydrogen-bond acceptors (Lipinski definition) is 6. The number of nitrogens with zero attached hydrogens (tertiary/aromatic N) is 2. The Kier molecular flexibility index (Phi) is 5.93. The van der Waals surface area contributed by atoms with Crippen LogP contribution in [0.15, 0.2) is 73.1 Å². The van der Waals surface area contributed by atoms with Crippen LogP contribution in [0.1, 0.15) is 15.9 Å². The van der Waals surface area contributed by atoms with Gasteiger partial charge >= 0.3 is 0 Å². The molecule has 2 aromatic heterocycles. The molecule has 31 heavy (non-hydrogen) atoms. The van der Waals surface area contributed by atoms with E-state index in [4.69, 9.17) is 9.47 Å². The lowest BCUT2D eigenvalue weighted by Gasteiger charge is -2.13. The van der Waals surface area contributed by atoms with Gasteiger partial charge in [-0.15, -0.1) is 0 Å². The number of anilines is 2. The van der Waals surface area contributed by atoms with E-state index in [1.807, 2.05) is 54.6 Å². The summed E-state index contributed by atoms with van der Waals surface area (Å²) < 4.78 is 10.7. The molecule has 7 nitrogen and oxygen atoms in total. The molecule has 0 bridgehead atoms. The SMILES string of the molecule is COc1ccc(Nc2cc(C(=O)NCc3cccnc3)c3ccccc3n2)cc1OC. The molecule has 4 aromatic rings. The molecule has 2 N–H and O–H groups in total. The molecular formula is C24H22N4O3. The number of amides is 1. The van der Waals surface area contributed by atoms with Crippen LogP contribution in [0.4, 0.5) is 11.5 Å². The predicted octanol–water partition coefficient (Wildman–Crippen LogP) is 4.32. The molecule has 4 rings (SSSR count). The molecule has 0 aliphatic carbocycles. The Labute approximate surface area is 180 Å².